The Kier molecular flexibility index (Phi) is 22.1. The van der Waals surface area contributed by atoms with Crippen LogP contribution in [-0.2, 0) is 26.6 Å². The van der Waals surface area contributed by atoms with Crippen molar-refractivity contribution < 1.29 is 36.1 Å². The maximum Gasteiger partial charge on any atom is 2.00 e. The van der Waals surface area contributed by atoms with Gasteiger partial charge in [0.2, 0.25) is 0 Å². The summed E-state index contributed by atoms with van der Waals surface area (Å²) in [5.74, 6) is 0. The minimum absolute atomic E-state index is 0. The molecule has 23 heavy (non-hydrogen) atoms. The molecule has 0 atom stereocenters. The maximum atomic E-state index is 11.4. The molecule has 0 aliphatic carbocycles. The van der Waals surface area contributed by atoms with E-state index in [1.165, 1.54) is 0 Å². The van der Waals surface area contributed by atoms with Crippen LogP contribution in [0.4, 0.5) is 0 Å². The van der Waals surface area contributed by atoms with E-state index in [1.807, 2.05) is 0 Å². The minimum atomic E-state index is -3.50. The molecule has 0 fully saturated rings. The molecule has 11 heteroatoms. The first-order chi connectivity index (χ1) is 10.4. The van der Waals surface area contributed by atoms with Crippen LogP contribution < -0.4 is 9.59 Å². The fourth-order valence-electron chi connectivity index (χ4n) is 1.31. The van der Waals surface area contributed by atoms with Crippen molar-refractivity contribution in [2.24, 2.45) is 0 Å². The number of hydrogen-bond donors (Lipinski definition) is 0. The van der Waals surface area contributed by atoms with Gasteiger partial charge < -0.3 is 36.1 Å². The van der Waals surface area contributed by atoms with Crippen LogP contribution in [0.15, 0.2) is 0 Å². The maximum absolute atomic E-state index is 11.4. The van der Waals surface area contributed by atoms with E-state index in [0.29, 0.717) is 39.6 Å². The molecule has 0 radical (unpaired) electrons. The molecule has 0 amide bonds. The molecule has 0 bridgehead atoms. The van der Waals surface area contributed by atoms with Crippen molar-refractivity contribution in [1.29, 1.82) is 0 Å². The predicted molar refractivity (Wildman–Crippen MR) is 87.0 cm³/mol. The van der Waals surface area contributed by atoms with Crippen LogP contribution in [0.25, 0.3) is 0 Å². The Labute approximate surface area is 158 Å². The van der Waals surface area contributed by atoms with E-state index in [4.69, 9.17) is 26.6 Å². The Balaban J connectivity index is -0.000000333. The molecule has 0 saturated carbocycles. The van der Waals surface area contributed by atoms with Gasteiger partial charge in [-0.2, -0.15) is 0 Å². The second-order valence-corrected chi connectivity index (χ2v) is 7.33. The van der Waals surface area contributed by atoms with E-state index in [2.05, 4.69) is 0 Å². The standard InChI is InChI=1S/2C6H15O4Si.Mg/c2*1-4-8-11(7,9-5-2)10-6-3;/h2*4-6H2,1-3H3;/q2*-1;+2. The summed E-state index contributed by atoms with van der Waals surface area (Å²) in [4.78, 5) is 22.7. The van der Waals surface area contributed by atoms with Gasteiger partial charge in [0.25, 0.3) is 0 Å². The van der Waals surface area contributed by atoms with Gasteiger partial charge in [-0.25, -0.2) is 0 Å². The molecule has 136 valence electrons. The Morgan fingerprint density at radius 3 is 0.696 bits per heavy atom. The van der Waals surface area contributed by atoms with Crippen molar-refractivity contribution in [3.05, 3.63) is 0 Å². The normalized spacial score (nSPS) is 11.5. The summed E-state index contributed by atoms with van der Waals surface area (Å²) in [5, 5.41) is 0. The van der Waals surface area contributed by atoms with Gasteiger partial charge in [-0.15, -0.1) is 0 Å². The first kappa shape index (κ1) is 28.7. The summed E-state index contributed by atoms with van der Waals surface area (Å²) in [5.41, 5.74) is 0. The second kappa shape index (κ2) is 17.7. The largest absolute Gasteiger partial charge is 2.00 e. The average Bonchev–Trinajstić information content (AvgIpc) is 2.40. The van der Waals surface area contributed by atoms with Crippen molar-refractivity contribution in [3.8, 4) is 0 Å². The van der Waals surface area contributed by atoms with Gasteiger partial charge >= 0.3 is 41.1 Å². The molecule has 0 spiro atoms. The smallest absolute Gasteiger partial charge is 0.793 e. The first-order valence-electron chi connectivity index (χ1n) is 7.61. The van der Waals surface area contributed by atoms with Crippen molar-refractivity contribution >= 4 is 41.1 Å². The summed E-state index contributed by atoms with van der Waals surface area (Å²) in [6.07, 6.45) is 0. The van der Waals surface area contributed by atoms with Crippen LogP contribution in [-0.4, -0.2) is 80.8 Å². The van der Waals surface area contributed by atoms with Crippen LogP contribution in [0.2, 0.25) is 0 Å². The zero-order valence-electron chi connectivity index (χ0n) is 15.2. The third kappa shape index (κ3) is 16.1. The quantitative estimate of drug-likeness (QED) is 0.412. The third-order valence-corrected chi connectivity index (χ3v) is 5.78. The molecule has 0 aromatic heterocycles. The molecule has 0 rings (SSSR count). The fraction of sp³-hybridized carbons (Fsp3) is 1.00. The molecular formula is C12H30MgO8Si2. The Hall–Kier alpha value is 0.880. The van der Waals surface area contributed by atoms with Crippen LogP contribution in [0.1, 0.15) is 41.5 Å². The van der Waals surface area contributed by atoms with Gasteiger partial charge in [-0.05, 0) is 41.5 Å². The van der Waals surface area contributed by atoms with Gasteiger partial charge in [0.15, 0.2) is 0 Å². The van der Waals surface area contributed by atoms with Crippen LogP contribution in [0.5, 0.6) is 0 Å². The average molecular weight is 383 g/mol. The van der Waals surface area contributed by atoms with Crippen molar-refractivity contribution in [2.45, 2.75) is 41.5 Å². The molecule has 0 saturated heterocycles. The van der Waals surface area contributed by atoms with Gasteiger partial charge in [0, 0.05) is 39.6 Å². The molecule has 0 aromatic carbocycles. The zero-order valence-corrected chi connectivity index (χ0v) is 18.6. The van der Waals surface area contributed by atoms with Gasteiger partial charge in [0.05, 0.1) is 0 Å². The second-order valence-electron chi connectivity index (χ2n) is 3.60. The first-order valence-corrected chi connectivity index (χ1v) is 10.9. The number of rotatable bonds is 12. The zero-order chi connectivity index (χ0) is 17.5. The van der Waals surface area contributed by atoms with Crippen molar-refractivity contribution in [2.75, 3.05) is 39.6 Å². The van der Waals surface area contributed by atoms with E-state index in [1.54, 1.807) is 41.5 Å². The van der Waals surface area contributed by atoms with Crippen molar-refractivity contribution in [3.63, 3.8) is 0 Å². The monoisotopic (exact) mass is 382 g/mol. The summed E-state index contributed by atoms with van der Waals surface area (Å²) in [6.45, 7) is 12.5. The third-order valence-electron chi connectivity index (χ3n) is 1.93. The van der Waals surface area contributed by atoms with Gasteiger partial charge in [0.1, 0.15) is 0 Å². The molecule has 0 aliphatic rings. The van der Waals surface area contributed by atoms with Crippen LogP contribution in [0, 0.1) is 0 Å². The van der Waals surface area contributed by atoms with Gasteiger partial charge in [-0.1, -0.05) is 0 Å². The van der Waals surface area contributed by atoms with E-state index in [9.17, 15) is 9.59 Å². The minimum Gasteiger partial charge on any atom is -0.793 e. The van der Waals surface area contributed by atoms with Crippen LogP contribution >= 0.6 is 0 Å². The summed E-state index contributed by atoms with van der Waals surface area (Å²) in [7, 11) is -7.00. The molecule has 0 aliphatic heterocycles. The molecule has 0 N–H and O–H groups in total. The van der Waals surface area contributed by atoms with Crippen molar-refractivity contribution in [1.82, 2.24) is 0 Å². The van der Waals surface area contributed by atoms with E-state index in [-0.39, 0.29) is 23.1 Å². The van der Waals surface area contributed by atoms with E-state index < -0.39 is 18.1 Å². The Morgan fingerprint density at radius 1 is 0.478 bits per heavy atom. The molecule has 0 unspecified atom stereocenters. The molecule has 0 heterocycles. The molecular weight excluding hydrogens is 353 g/mol. The van der Waals surface area contributed by atoms with Crippen LogP contribution in [0.3, 0.4) is 0 Å². The summed E-state index contributed by atoms with van der Waals surface area (Å²) >= 11 is 0. The molecule has 0 aromatic rings. The van der Waals surface area contributed by atoms with Gasteiger partial charge in [-0.3, -0.25) is 0 Å². The fourth-order valence-corrected chi connectivity index (χ4v) is 3.93. The van der Waals surface area contributed by atoms with E-state index in [0.717, 1.165) is 0 Å². The topological polar surface area (TPSA) is 102 Å². The summed E-state index contributed by atoms with van der Waals surface area (Å²) in [6, 6.07) is 0. The predicted octanol–water partition coefficient (Wildman–Crippen LogP) is -0.597. The SMILES string of the molecule is CCO[Si]([O-])(OCC)OCC.CCO[Si]([O-])(OCC)OCC.[Mg+2]. The Morgan fingerprint density at radius 2 is 0.609 bits per heavy atom. The number of hydrogen-bond acceptors (Lipinski definition) is 8. The summed E-state index contributed by atoms with van der Waals surface area (Å²) < 4.78 is 29.1. The van der Waals surface area contributed by atoms with E-state index >= 15 is 0 Å². The molecule has 8 nitrogen and oxygen atoms in total. The Bertz CT molecular complexity index is 193.